The van der Waals surface area contributed by atoms with Gasteiger partial charge in [-0.3, -0.25) is 9.59 Å². The van der Waals surface area contributed by atoms with E-state index in [2.05, 4.69) is 6.92 Å². The first-order valence-corrected chi connectivity index (χ1v) is 10.1. The molecule has 1 heterocycles. The molecule has 0 aliphatic carbocycles. The zero-order valence-corrected chi connectivity index (χ0v) is 16.9. The van der Waals surface area contributed by atoms with Crippen LogP contribution >= 0.6 is 0 Å². The molecule has 152 valence electrons. The molecule has 0 spiro atoms. The van der Waals surface area contributed by atoms with Gasteiger partial charge in [0.15, 0.2) is 5.79 Å². The lowest BCUT2D eigenvalue weighted by atomic mass is 9.82. The van der Waals surface area contributed by atoms with Crippen molar-refractivity contribution in [3.63, 3.8) is 0 Å². The second-order valence-corrected chi connectivity index (χ2v) is 6.86. The second-order valence-electron chi connectivity index (χ2n) is 6.86. The third-order valence-corrected chi connectivity index (χ3v) is 4.83. The van der Waals surface area contributed by atoms with Crippen LogP contribution in [0.5, 0.6) is 0 Å². The summed E-state index contributed by atoms with van der Waals surface area (Å²) in [5.74, 6) is -3.42. The van der Waals surface area contributed by atoms with Gasteiger partial charge in [-0.25, -0.2) is 0 Å². The van der Waals surface area contributed by atoms with Crippen LogP contribution in [0.25, 0.3) is 0 Å². The van der Waals surface area contributed by atoms with E-state index in [1.165, 1.54) is 19.3 Å². The van der Waals surface area contributed by atoms with E-state index in [9.17, 15) is 9.59 Å². The highest BCUT2D eigenvalue weighted by molar-refractivity contribution is 5.83. The zero-order chi connectivity index (χ0) is 19.4. The summed E-state index contributed by atoms with van der Waals surface area (Å²) < 4.78 is 21.9. The SMILES string of the molecule is CCCCCCCCC(C(=O)OCC)C(C(=O)OCC)C1(C)OCCO1. The highest BCUT2D eigenvalue weighted by Crippen LogP contribution is 2.37. The maximum Gasteiger partial charge on any atom is 0.315 e. The summed E-state index contributed by atoms with van der Waals surface area (Å²) in [6, 6.07) is 0. The Balaban J connectivity index is 2.86. The van der Waals surface area contributed by atoms with Gasteiger partial charge in [0.1, 0.15) is 5.92 Å². The molecule has 1 aliphatic rings. The van der Waals surface area contributed by atoms with Gasteiger partial charge in [0.05, 0.1) is 32.3 Å². The molecule has 0 aromatic heterocycles. The first-order valence-electron chi connectivity index (χ1n) is 10.1. The van der Waals surface area contributed by atoms with Gasteiger partial charge in [-0.2, -0.15) is 0 Å². The number of unbranched alkanes of at least 4 members (excludes halogenated alkanes) is 5. The molecule has 2 atom stereocenters. The van der Waals surface area contributed by atoms with E-state index in [0.29, 0.717) is 19.6 Å². The highest BCUT2D eigenvalue weighted by Gasteiger charge is 2.51. The van der Waals surface area contributed by atoms with Crippen LogP contribution in [0.3, 0.4) is 0 Å². The maximum atomic E-state index is 12.7. The minimum absolute atomic E-state index is 0.248. The Morgan fingerprint density at radius 1 is 0.885 bits per heavy atom. The number of carbonyl (C=O) groups is 2. The van der Waals surface area contributed by atoms with Gasteiger partial charge in [-0.1, -0.05) is 45.4 Å². The first-order chi connectivity index (χ1) is 12.5. The van der Waals surface area contributed by atoms with E-state index in [4.69, 9.17) is 18.9 Å². The van der Waals surface area contributed by atoms with Crippen LogP contribution in [0.15, 0.2) is 0 Å². The van der Waals surface area contributed by atoms with Crippen molar-refractivity contribution in [2.45, 2.75) is 78.4 Å². The van der Waals surface area contributed by atoms with E-state index in [-0.39, 0.29) is 19.2 Å². The number of esters is 2. The highest BCUT2D eigenvalue weighted by atomic mass is 16.7. The molecule has 26 heavy (non-hydrogen) atoms. The van der Waals surface area contributed by atoms with Crippen LogP contribution in [-0.4, -0.2) is 44.2 Å². The van der Waals surface area contributed by atoms with Crippen LogP contribution < -0.4 is 0 Å². The average molecular weight is 373 g/mol. The maximum absolute atomic E-state index is 12.7. The molecule has 6 heteroatoms. The summed E-state index contributed by atoms with van der Waals surface area (Å²) in [6.07, 6.45) is 7.22. The summed E-state index contributed by atoms with van der Waals surface area (Å²) in [4.78, 5) is 25.3. The number of hydrogen-bond donors (Lipinski definition) is 0. The number of carbonyl (C=O) groups excluding carboxylic acids is 2. The fourth-order valence-corrected chi connectivity index (χ4v) is 3.50. The molecule has 1 saturated heterocycles. The Labute approximate surface area is 157 Å². The molecule has 1 rings (SSSR count). The summed E-state index contributed by atoms with van der Waals surface area (Å²) >= 11 is 0. The van der Waals surface area contributed by atoms with Crippen LogP contribution in [0.4, 0.5) is 0 Å². The monoisotopic (exact) mass is 372 g/mol. The summed E-state index contributed by atoms with van der Waals surface area (Å²) in [6.45, 7) is 8.75. The number of hydrogen-bond acceptors (Lipinski definition) is 6. The van der Waals surface area contributed by atoms with Crippen LogP contribution in [0.2, 0.25) is 0 Å². The van der Waals surface area contributed by atoms with E-state index < -0.39 is 23.6 Å². The Hall–Kier alpha value is -1.14. The lowest BCUT2D eigenvalue weighted by Crippen LogP contribution is -2.48. The Bertz CT molecular complexity index is 417. The van der Waals surface area contributed by atoms with Crippen LogP contribution in [-0.2, 0) is 28.5 Å². The molecule has 6 nitrogen and oxygen atoms in total. The Morgan fingerprint density at radius 3 is 2.00 bits per heavy atom. The van der Waals surface area contributed by atoms with E-state index >= 15 is 0 Å². The van der Waals surface area contributed by atoms with Crippen molar-refractivity contribution in [2.75, 3.05) is 26.4 Å². The van der Waals surface area contributed by atoms with Gasteiger partial charge in [0, 0.05) is 0 Å². The van der Waals surface area contributed by atoms with Crippen molar-refractivity contribution in [3.8, 4) is 0 Å². The van der Waals surface area contributed by atoms with Gasteiger partial charge in [0.25, 0.3) is 0 Å². The van der Waals surface area contributed by atoms with Crippen molar-refractivity contribution in [1.29, 1.82) is 0 Å². The number of rotatable bonds is 13. The quantitative estimate of drug-likeness (QED) is 0.361. The van der Waals surface area contributed by atoms with Gasteiger partial charge < -0.3 is 18.9 Å². The topological polar surface area (TPSA) is 71.1 Å². The molecule has 1 aliphatic heterocycles. The fourth-order valence-electron chi connectivity index (χ4n) is 3.50. The molecule has 0 radical (unpaired) electrons. The van der Waals surface area contributed by atoms with E-state index in [0.717, 1.165) is 19.3 Å². The molecule has 0 aromatic carbocycles. The molecule has 0 saturated carbocycles. The molecule has 1 fully saturated rings. The summed E-state index contributed by atoms with van der Waals surface area (Å²) in [5, 5.41) is 0. The lowest BCUT2D eigenvalue weighted by molar-refractivity contribution is -0.214. The molecule has 0 amide bonds. The van der Waals surface area contributed by atoms with Crippen LogP contribution in [0.1, 0.15) is 72.6 Å². The third kappa shape index (κ3) is 6.88. The van der Waals surface area contributed by atoms with Crippen molar-refractivity contribution < 1.29 is 28.5 Å². The van der Waals surface area contributed by atoms with Crippen molar-refractivity contribution >= 4 is 11.9 Å². The molecule has 0 bridgehead atoms. The van der Waals surface area contributed by atoms with Crippen molar-refractivity contribution in [2.24, 2.45) is 11.8 Å². The lowest BCUT2D eigenvalue weighted by Gasteiger charge is -2.34. The van der Waals surface area contributed by atoms with Gasteiger partial charge in [0.2, 0.25) is 0 Å². The van der Waals surface area contributed by atoms with E-state index in [1.807, 2.05) is 0 Å². The van der Waals surface area contributed by atoms with E-state index in [1.54, 1.807) is 20.8 Å². The van der Waals surface area contributed by atoms with Crippen LogP contribution in [0, 0.1) is 11.8 Å². The largest absolute Gasteiger partial charge is 0.466 e. The number of ether oxygens (including phenoxy) is 4. The molecular formula is C20H36O6. The summed E-state index contributed by atoms with van der Waals surface area (Å²) in [5.41, 5.74) is 0. The minimum Gasteiger partial charge on any atom is -0.466 e. The second kappa shape index (κ2) is 12.3. The van der Waals surface area contributed by atoms with Gasteiger partial charge in [-0.15, -0.1) is 0 Å². The predicted octanol–water partition coefficient (Wildman–Crippen LogP) is 3.86. The summed E-state index contributed by atoms with van der Waals surface area (Å²) in [7, 11) is 0. The molecular weight excluding hydrogens is 336 g/mol. The third-order valence-electron chi connectivity index (χ3n) is 4.83. The Morgan fingerprint density at radius 2 is 1.42 bits per heavy atom. The Kier molecular flexibility index (Phi) is 10.8. The minimum atomic E-state index is -1.15. The first kappa shape index (κ1) is 22.9. The van der Waals surface area contributed by atoms with Gasteiger partial charge >= 0.3 is 11.9 Å². The van der Waals surface area contributed by atoms with Crippen molar-refractivity contribution in [3.05, 3.63) is 0 Å². The fraction of sp³-hybridized carbons (Fsp3) is 0.900. The van der Waals surface area contributed by atoms with Gasteiger partial charge in [-0.05, 0) is 27.2 Å². The van der Waals surface area contributed by atoms with Crippen molar-refractivity contribution in [1.82, 2.24) is 0 Å². The zero-order valence-electron chi connectivity index (χ0n) is 16.9. The predicted molar refractivity (Wildman–Crippen MR) is 98.5 cm³/mol. The molecule has 0 N–H and O–H groups in total. The standard InChI is InChI=1S/C20H36O6/c1-5-8-9-10-11-12-13-16(18(21)23-6-2)17(19(22)24-7-3)20(4)25-14-15-26-20/h16-17H,5-15H2,1-4H3. The molecule has 2 unspecified atom stereocenters. The molecule has 0 aromatic rings. The normalized spacial score (nSPS) is 18.3. The smallest absolute Gasteiger partial charge is 0.315 e. The average Bonchev–Trinajstić information content (AvgIpc) is 3.04.